The highest BCUT2D eigenvalue weighted by Gasteiger charge is 2.18. The van der Waals surface area contributed by atoms with E-state index in [-0.39, 0.29) is 18.2 Å². The number of aliphatic carboxylic acids is 1. The van der Waals surface area contributed by atoms with E-state index in [1.807, 2.05) is 50.2 Å². The number of pyridine rings is 1. The summed E-state index contributed by atoms with van der Waals surface area (Å²) in [5.41, 5.74) is 4.97. The lowest BCUT2D eigenvalue weighted by molar-refractivity contribution is -0.139. The normalized spacial score (nSPS) is 13.4. The number of aromatic nitrogens is 1. The maximum atomic E-state index is 13.6. The number of hydrogen-bond donors (Lipinski definition) is 3. The zero-order chi connectivity index (χ0) is 24.0. The summed E-state index contributed by atoms with van der Waals surface area (Å²) >= 11 is 0. The summed E-state index contributed by atoms with van der Waals surface area (Å²) in [4.78, 5) is 15.7. The fraction of sp³-hybridized carbons (Fsp3) is 0.259. The second kappa shape index (κ2) is 11.0. The summed E-state index contributed by atoms with van der Waals surface area (Å²) in [6.45, 7) is 4.05. The highest BCUT2D eigenvalue weighted by atomic mass is 19.1. The van der Waals surface area contributed by atoms with Gasteiger partial charge in [0.1, 0.15) is 5.82 Å². The molecule has 0 radical (unpaired) electrons. The van der Waals surface area contributed by atoms with Crippen LogP contribution in [0.3, 0.4) is 0 Å². The van der Waals surface area contributed by atoms with Crippen molar-refractivity contribution in [2.45, 2.75) is 44.8 Å². The molecule has 2 aromatic carbocycles. The summed E-state index contributed by atoms with van der Waals surface area (Å²) in [6, 6.07) is 17.9. The van der Waals surface area contributed by atoms with Crippen LogP contribution >= 0.6 is 0 Å². The van der Waals surface area contributed by atoms with E-state index in [9.17, 15) is 19.4 Å². The minimum Gasteiger partial charge on any atom is -0.481 e. The van der Waals surface area contributed by atoms with Crippen LogP contribution < -0.4 is 0 Å². The number of halogens is 1. The van der Waals surface area contributed by atoms with Crippen molar-refractivity contribution in [3.63, 3.8) is 0 Å². The molecule has 3 N–H and O–H groups in total. The zero-order valence-corrected chi connectivity index (χ0v) is 18.6. The van der Waals surface area contributed by atoms with Gasteiger partial charge in [-0.15, -0.1) is 0 Å². The predicted molar refractivity (Wildman–Crippen MR) is 127 cm³/mol. The smallest absolute Gasteiger partial charge is 0.305 e. The Kier molecular flexibility index (Phi) is 8.09. The van der Waals surface area contributed by atoms with Crippen molar-refractivity contribution >= 4 is 12.0 Å². The lowest BCUT2D eigenvalue weighted by Crippen LogP contribution is -2.19. The molecule has 2 atom stereocenters. The second-order valence-electron chi connectivity index (χ2n) is 8.30. The van der Waals surface area contributed by atoms with Crippen molar-refractivity contribution in [3.05, 3.63) is 83.8 Å². The van der Waals surface area contributed by atoms with Crippen molar-refractivity contribution < 1.29 is 24.5 Å². The number of aliphatic hydroxyl groups excluding tert-OH is 2. The first-order valence-electron chi connectivity index (χ1n) is 10.9. The molecule has 0 spiro atoms. The SMILES string of the molecule is CC(C)c1nc(-c2ccccc2)cc(-c2ccc(F)cc2)c1C=C[C@@H](O)C[C@@H](O)CC(=O)O. The van der Waals surface area contributed by atoms with Crippen LogP contribution in [0, 0.1) is 5.82 Å². The van der Waals surface area contributed by atoms with E-state index < -0.39 is 24.6 Å². The first kappa shape index (κ1) is 24.3. The van der Waals surface area contributed by atoms with Gasteiger partial charge in [-0.2, -0.15) is 0 Å². The highest BCUT2D eigenvalue weighted by molar-refractivity contribution is 5.80. The number of benzene rings is 2. The minimum absolute atomic E-state index is 0.0576. The summed E-state index contributed by atoms with van der Waals surface area (Å²) in [6.07, 6.45) is 0.561. The van der Waals surface area contributed by atoms with Gasteiger partial charge in [0.2, 0.25) is 0 Å². The van der Waals surface area contributed by atoms with Crippen LogP contribution in [0.4, 0.5) is 4.39 Å². The minimum atomic E-state index is -1.15. The fourth-order valence-electron chi connectivity index (χ4n) is 3.66. The average molecular weight is 450 g/mol. The van der Waals surface area contributed by atoms with E-state index in [4.69, 9.17) is 10.1 Å². The maximum Gasteiger partial charge on any atom is 0.305 e. The first-order chi connectivity index (χ1) is 15.7. The molecule has 3 aromatic rings. The fourth-order valence-corrected chi connectivity index (χ4v) is 3.66. The Bertz CT molecular complexity index is 1110. The number of nitrogens with zero attached hydrogens (tertiary/aromatic N) is 1. The van der Waals surface area contributed by atoms with E-state index in [1.54, 1.807) is 18.2 Å². The third-order valence-corrected chi connectivity index (χ3v) is 5.27. The monoisotopic (exact) mass is 449 g/mol. The molecule has 0 amide bonds. The number of aliphatic hydroxyl groups is 2. The third-order valence-electron chi connectivity index (χ3n) is 5.27. The molecule has 0 aliphatic carbocycles. The molecule has 1 aromatic heterocycles. The van der Waals surface area contributed by atoms with Crippen molar-refractivity contribution in [1.29, 1.82) is 0 Å². The van der Waals surface area contributed by atoms with E-state index in [0.29, 0.717) is 0 Å². The lowest BCUT2D eigenvalue weighted by atomic mass is 9.92. The Morgan fingerprint density at radius 3 is 2.30 bits per heavy atom. The largest absolute Gasteiger partial charge is 0.481 e. The summed E-state index contributed by atoms with van der Waals surface area (Å²) < 4.78 is 13.6. The molecule has 0 bridgehead atoms. The molecule has 6 heteroatoms. The van der Waals surface area contributed by atoms with Crippen molar-refractivity contribution in [1.82, 2.24) is 4.98 Å². The van der Waals surface area contributed by atoms with Gasteiger partial charge in [-0.1, -0.05) is 68.5 Å². The molecule has 1 heterocycles. The average Bonchev–Trinajstić information content (AvgIpc) is 2.77. The number of carboxylic acid groups (broad SMARTS) is 1. The first-order valence-corrected chi connectivity index (χ1v) is 10.9. The highest BCUT2D eigenvalue weighted by Crippen LogP contribution is 2.34. The van der Waals surface area contributed by atoms with Gasteiger partial charge in [0.15, 0.2) is 0 Å². The van der Waals surface area contributed by atoms with E-state index in [1.165, 1.54) is 18.2 Å². The molecule has 0 unspecified atom stereocenters. The molecular formula is C27H28FNO4. The van der Waals surface area contributed by atoms with Crippen molar-refractivity contribution in [2.24, 2.45) is 0 Å². The number of rotatable bonds is 9. The summed E-state index contributed by atoms with van der Waals surface area (Å²) in [7, 11) is 0. The van der Waals surface area contributed by atoms with Crippen LogP contribution in [0.2, 0.25) is 0 Å². The Morgan fingerprint density at radius 2 is 1.70 bits per heavy atom. The van der Waals surface area contributed by atoms with Crippen LogP contribution in [-0.4, -0.2) is 38.5 Å². The van der Waals surface area contributed by atoms with Gasteiger partial charge in [-0.05, 0) is 35.2 Å². The molecule has 0 fully saturated rings. The predicted octanol–water partition coefficient (Wildman–Crippen LogP) is 5.28. The molecule has 0 saturated carbocycles. The van der Waals surface area contributed by atoms with Gasteiger partial charge in [0.25, 0.3) is 0 Å². The van der Waals surface area contributed by atoms with Crippen LogP contribution in [0.15, 0.2) is 66.7 Å². The van der Waals surface area contributed by atoms with Gasteiger partial charge < -0.3 is 15.3 Å². The van der Waals surface area contributed by atoms with Gasteiger partial charge in [-0.25, -0.2) is 4.39 Å². The zero-order valence-electron chi connectivity index (χ0n) is 18.6. The molecule has 0 aliphatic heterocycles. The molecule has 5 nitrogen and oxygen atoms in total. The number of carboxylic acids is 1. The quantitative estimate of drug-likeness (QED) is 0.414. The van der Waals surface area contributed by atoms with E-state index in [0.717, 1.165) is 33.6 Å². The summed E-state index contributed by atoms with van der Waals surface area (Å²) in [5.74, 6) is -1.40. The van der Waals surface area contributed by atoms with Gasteiger partial charge in [0, 0.05) is 17.5 Å². The van der Waals surface area contributed by atoms with Crippen LogP contribution in [-0.2, 0) is 4.79 Å². The number of hydrogen-bond acceptors (Lipinski definition) is 4. The molecule has 172 valence electrons. The van der Waals surface area contributed by atoms with Gasteiger partial charge >= 0.3 is 5.97 Å². The van der Waals surface area contributed by atoms with Gasteiger partial charge in [0.05, 0.1) is 30.0 Å². The second-order valence-corrected chi connectivity index (χ2v) is 8.30. The standard InChI is InChI=1S/C27H28FNO4/c1-17(2)27-23(13-12-21(30)14-22(31)15-26(32)33)24(18-8-10-20(28)11-9-18)16-25(29-27)19-6-4-3-5-7-19/h3-13,16-17,21-22,30-31H,14-15H2,1-2H3,(H,32,33)/t21-,22-/m1/s1. The Labute approximate surface area is 192 Å². The van der Waals surface area contributed by atoms with E-state index >= 15 is 0 Å². The van der Waals surface area contributed by atoms with E-state index in [2.05, 4.69) is 0 Å². The number of carbonyl (C=O) groups is 1. The van der Waals surface area contributed by atoms with Gasteiger partial charge in [-0.3, -0.25) is 9.78 Å². The topological polar surface area (TPSA) is 90.7 Å². The lowest BCUT2D eigenvalue weighted by Gasteiger charge is -2.18. The third kappa shape index (κ3) is 6.57. The Balaban J connectivity index is 2.08. The maximum absolute atomic E-state index is 13.6. The van der Waals surface area contributed by atoms with Crippen LogP contribution in [0.1, 0.15) is 43.9 Å². The molecule has 3 rings (SSSR count). The van der Waals surface area contributed by atoms with Crippen molar-refractivity contribution in [2.75, 3.05) is 0 Å². The van der Waals surface area contributed by atoms with Crippen LogP contribution in [0.5, 0.6) is 0 Å². The molecule has 0 aliphatic rings. The Morgan fingerprint density at radius 1 is 1.03 bits per heavy atom. The molecule has 0 saturated heterocycles. The molecular weight excluding hydrogens is 421 g/mol. The van der Waals surface area contributed by atoms with Crippen LogP contribution in [0.25, 0.3) is 28.5 Å². The molecule has 33 heavy (non-hydrogen) atoms. The summed E-state index contributed by atoms with van der Waals surface area (Å²) in [5, 5.41) is 29.0. The Hall–Kier alpha value is -3.35. The van der Waals surface area contributed by atoms with Crippen molar-refractivity contribution in [3.8, 4) is 22.4 Å².